The second-order valence-electron chi connectivity index (χ2n) is 6.88. The van der Waals surface area contributed by atoms with Gasteiger partial charge in [0, 0.05) is 12.2 Å². The van der Waals surface area contributed by atoms with Gasteiger partial charge >= 0.3 is 0 Å². The summed E-state index contributed by atoms with van der Waals surface area (Å²) in [4.78, 5) is 30.3. The number of amides is 1. The first-order valence-corrected chi connectivity index (χ1v) is 9.11. The Kier molecular flexibility index (Phi) is 6.06. The first-order valence-electron chi connectivity index (χ1n) is 9.11. The third kappa shape index (κ3) is 4.75. The van der Waals surface area contributed by atoms with Crippen LogP contribution in [-0.2, 0) is 11.2 Å². The summed E-state index contributed by atoms with van der Waals surface area (Å²) in [6, 6.07) is 13.6. The second kappa shape index (κ2) is 8.67. The van der Waals surface area contributed by atoms with E-state index in [0.29, 0.717) is 28.8 Å². The van der Waals surface area contributed by atoms with Crippen molar-refractivity contribution in [3.8, 4) is 0 Å². The Bertz CT molecular complexity index is 1030. The van der Waals surface area contributed by atoms with Crippen LogP contribution in [0.1, 0.15) is 11.1 Å². The number of benzene rings is 2. The van der Waals surface area contributed by atoms with Gasteiger partial charge in [0.15, 0.2) is 0 Å². The van der Waals surface area contributed by atoms with Crippen LogP contribution in [-0.4, -0.2) is 43.0 Å². The van der Waals surface area contributed by atoms with E-state index in [4.69, 9.17) is 4.42 Å². The van der Waals surface area contributed by atoms with Gasteiger partial charge in [-0.2, -0.15) is 4.98 Å². The van der Waals surface area contributed by atoms with Crippen LogP contribution in [0.5, 0.6) is 0 Å². The highest BCUT2D eigenvalue weighted by Crippen LogP contribution is 2.24. The number of aromatic nitrogens is 1. The maximum atomic E-state index is 12.5. The Morgan fingerprint density at radius 2 is 1.89 bits per heavy atom. The molecule has 2 aromatic carbocycles. The lowest BCUT2D eigenvalue weighted by molar-refractivity contribution is -0.116. The summed E-state index contributed by atoms with van der Waals surface area (Å²) in [5.41, 5.74) is 2.46. The summed E-state index contributed by atoms with van der Waals surface area (Å²) in [7, 11) is 3.63. The van der Waals surface area contributed by atoms with E-state index >= 15 is 0 Å². The molecule has 0 radical (unpaired) electrons. The predicted molar refractivity (Wildman–Crippen MR) is 111 cm³/mol. The molecular weight excluding hydrogens is 356 g/mol. The molecule has 2 N–H and O–H groups in total. The second-order valence-corrected chi connectivity index (χ2v) is 6.88. The lowest BCUT2D eigenvalue weighted by Crippen LogP contribution is -2.27. The fourth-order valence-corrected chi connectivity index (χ4v) is 2.96. The van der Waals surface area contributed by atoms with E-state index in [-0.39, 0.29) is 24.0 Å². The third-order valence-corrected chi connectivity index (χ3v) is 4.32. The average Bonchev–Trinajstić information content (AvgIpc) is 2.64. The zero-order valence-electron chi connectivity index (χ0n) is 16.3. The van der Waals surface area contributed by atoms with E-state index in [2.05, 4.69) is 15.6 Å². The van der Waals surface area contributed by atoms with E-state index in [1.54, 1.807) is 24.0 Å². The zero-order chi connectivity index (χ0) is 20.1. The Balaban J connectivity index is 1.77. The van der Waals surface area contributed by atoms with Gasteiger partial charge in [-0.3, -0.25) is 9.59 Å². The minimum absolute atomic E-state index is 0.149. The van der Waals surface area contributed by atoms with Crippen LogP contribution in [0.25, 0.3) is 11.0 Å². The molecule has 146 valence electrons. The van der Waals surface area contributed by atoms with Gasteiger partial charge in [0.05, 0.1) is 11.9 Å². The highest BCUT2D eigenvalue weighted by molar-refractivity contribution is 5.96. The Hall–Kier alpha value is -3.19. The zero-order valence-corrected chi connectivity index (χ0v) is 16.3. The van der Waals surface area contributed by atoms with E-state index in [0.717, 1.165) is 6.42 Å². The van der Waals surface area contributed by atoms with Gasteiger partial charge in [-0.1, -0.05) is 30.3 Å². The van der Waals surface area contributed by atoms with Gasteiger partial charge < -0.3 is 20.0 Å². The first kappa shape index (κ1) is 19.6. The molecule has 3 rings (SSSR count). The Labute approximate surface area is 163 Å². The van der Waals surface area contributed by atoms with Crippen molar-refractivity contribution in [2.45, 2.75) is 13.3 Å². The van der Waals surface area contributed by atoms with Gasteiger partial charge in [-0.25, -0.2) is 0 Å². The van der Waals surface area contributed by atoms with Gasteiger partial charge in [0.1, 0.15) is 5.58 Å². The third-order valence-electron chi connectivity index (χ3n) is 4.32. The normalized spacial score (nSPS) is 11.0. The van der Waals surface area contributed by atoms with E-state index in [9.17, 15) is 9.59 Å². The molecule has 1 aromatic heterocycles. The van der Waals surface area contributed by atoms with Gasteiger partial charge in [-0.15, -0.1) is 0 Å². The smallest absolute Gasteiger partial charge is 0.298 e. The fraction of sp³-hybridized carbons (Fsp3) is 0.286. The Morgan fingerprint density at radius 1 is 1.14 bits per heavy atom. The molecule has 0 fully saturated rings. The molecule has 0 spiro atoms. The van der Waals surface area contributed by atoms with Gasteiger partial charge in [0.25, 0.3) is 11.6 Å². The molecule has 0 aliphatic rings. The lowest BCUT2D eigenvalue weighted by atomic mass is 10.1. The van der Waals surface area contributed by atoms with Crippen LogP contribution in [0.4, 0.5) is 11.7 Å². The Morgan fingerprint density at radius 3 is 2.61 bits per heavy atom. The highest BCUT2D eigenvalue weighted by atomic mass is 16.4. The minimum Gasteiger partial charge on any atom is -0.425 e. The number of carbonyl (C=O) groups is 1. The fourth-order valence-electron chi connectivity index (χ4n) is 2.96. The van der Waals surface area contributed by atoms with Crippen molar-refractivity contribution in [2.75, 3.05) is 37.8 Å². The highest BCUT2D eigenvalue weighted by Gasteiger charge is 2.13. The summed E-state index contributed by atoms with van der Waals surface area (Å²) in [5.74, 6) is -0.149. The van der Waals surface area contributed by atoms with Gasteiger partial charge in [0.2, 0.25) is 5.91 Å². The molecule has 7 nitrogen and oxygen atoms in total. The quantitative estimate of drug-likeness (QED) is 0.655. The number of hydrogen-bond donors (Lipinski definition) is 2. The first-order chi connectivity index (χ1) is 13.4. The van der Waals surface area contributed by atoms with Crippen LogP contribution in [0.15, 0.2) is 51.7 Å². The molecule has 0 aliphatic carbocycles. The number of carbonyl (C=O) groups excluding carboxylic acids is 1. The summed E-state index contributed by atoms with van der Waals surface area (Å²) < 4.78 is 5.74. The molecule has 0 unspecified atom stereocenters. The van der Waals surface area contributed by atoms with Crippen LogP contribution >= 0.6 is 0 Å². The van der Waals surface area contributed by atoms with Crippen LogP contribution in [0.2, 0.25) is 0 Å². The molecule has 1 heterocycles. The molecule has 3 aromatic rings. The van der Waals surface area contributed by atoms with Crippen molar-refractivity contribution in [3.05, 3.63) is 63.9 Å². The van der Waals surface area contributed by atoms with Crippen molar-refractivity contribution < 1.29 is 9.21 Å². The largest absolute Gasteiger partial charge is 0.425 e. The van der Waals surface area contributed by atoms with Crippen LogP contribution < -0.4 is 16.2 Å². The SMILES string of the molecule is Cc1c(NC(=O)CN(C)C)ccc2oc(NCCc3ccccc3)nc(=O)c12. The number of rotatable bonds is 7. The summed E-state index contributed by atoms with van der Waals surface area (Å²) in [6.45, 7) is 2.63. The standard InChI is InChI=1S/C21H24N4O3/c1-14-16(23-18(26)13-25(2)3)9-10-17-19(14)20(27)24-21(28-17)22-12-11-15-7-5-4-6-8-15/h4-10H,11-13H2,1-3H3,(H,23,26)(H,22,24,27). The maximum absolute atomic E-state index is 12.5. The number of nitrogens with one attached hydrogen (secondary N) is 2. The van der Waals surface area contributed by atoms with E-state index in [1.807, 2.05) is 44.4 Å². The number of fused-ring (bicyclic) bond motifs is 1. The van der Waals surface area contributed by atoms with E-state index in [1.165, 1.54) is 5.56 Å². The summed E-state index contributed by atoms with van der Waals surface area (Å²) in [6.07, 6.45) is 0.792. The minimum atomic E-state index is -0.385. The molecule has 0 bridgehead atoms. The van der Waals surface area contributed by atoms with Crippen molar-refractivity contribution in [1.82, 2.24) is 9.88 Å². The van der Waals surface area contributed by atoms with Crippen molar-refractivity contribution >= 4 is 28.6 Å². The number of hydrogen-bond acceptors (Lipinski definition) is 6. The number of aryl methyl sites for hydroxylation is 1. The number of nitrogens with zero attached hydrogens (tertiary/aromatic N) is 2. The maximum Gasteiger partial charge on any atom is 0.298 e. The summed E-state index contributed by atoms with van der Waals surface area (Å²) in [5, 5.41) is 6.26. The molecule has 1 amide bonds. The number of likely N-dealkylation sites (N-methyl/N-ethyl adjacent to an activating group) is 1. The molecule has 0 saturated heterocycles. The molecule has 0 aliphatic heterocycles. The van der Waals surface area contributed by atoms with Crippen molar-refractivity contribution in [2.24, 2.45) is 0 Å². The molecule has 28 heavy (non-hydrogen) atoms. The van der Waals surface area contributed by atoms with Crippen molar-refractivity contribution in [3.63, 3.8) is 0 Å². The predicted octanol–water partition coefficient (Wildman–Crippen LogP) is 2.65. The van der Waals surface area contributed by atoms with E-state index < -0.39 is 0 Å². The van der Waals surface area contributed by atoms with Crippen LogP contribution in [0.3, 0.4) is 0 Å². The monoisotopic (exact) mass is 380 g/mol. The summed E-state index contributed by atoms with van der Waals surface area (Å²) >= 11 is 0. The van der Waals surface area contributed by atoms with Crippen LogP contribution in [0, 0.1) is 6.92 Å². The lowest BCUT2D eigenvalue weighted by Gasteiger charge is -2.13. The molecule has 0 saturated carbocycles. The number of anilines is 2. The topological polar surface area (TPSA) is 87.5 Å². The van der Waals surface area contributed by atoms with Crippen molar-refractivity contribution in [1.29, 1.82) is 0 Å². The average molecular weight is 380 g/mol. The molecule has 7 heteroatoms. The molecular formula is C21H24N4O3. The van der Waals surface area contributed by atoms with Gasteiger partial charge in [-0.05, 0) is 50.7 Å². The molecule has 0 atom stereocenters.